The monoisotopic (exact) mass is 276 g/mol. The van der Waals surface area contributed by atoms with Crippen molar-refractivity contribution in [2.24, 2.45) is 0 Å². The van der Waals surface area contributed by atoms with E-state index in [0.717, 1.165) is 0 Å². The highest BCUT2D eigenvalue weighted by atomic mass is 19.1. The molecular formula is C16H17FO3. The van der Waals surface area contributed by atoms with Gasteiger partial charge in [-0.05, 0) is 23.3 Å². The number of rotatable bonds is 5. The fraction of sp³-hybridized carbons (Fsp3) is 0.250. The van der Waals surface area contributed by atoms with Crippen LogP contribution in [-0.4, -0.2) is 23.4 Å². The van der Waals surface area contributed by atoms with Gasteiger partial charge in [0.25, 0.3) is 0 Å². The van der Waals surface area contributed by atoms with Gasteiger partial charge in [-0.25, -0.2) is 4.39 Å². The maximum Gasteiger partial charge on any atom is 0.165 e. The number of benzene rings is 2. The molecule has 4 heteroatoms. The first kappa shape index (κ1) is 14.5. The Morgan fingerprint density at radius 3 is 2.40 bits per heavy atom. The summed E-state index contributed by atoms with van der Waals surface area (Å²) in [6.07, 6.45) is -1.83. The van der Waals surface area contributed by atoms with Crippen molar-refractivity contribution in [1.82, 2.24) is 0 Å². The van der Waals surface area contributed by atoms with Crippen LogP contribution in [0.4, 0.5) is 4.39 Å². The van der Waals surface area contributed by atoms with Crippen LogP contribution >= 0.6 is 0 Å². The largest absolute Gasteiger partial charge is 0.494 e. The Kier molecular flexibility index (Phi) is 4.71. The van der Waals surface area contributed by atoms with Gasteiger partial charge < -0.3 is 14.9 Å². The first-order valence-electron chi connectivity index (χ1n) is 6.35. The third-order valence-corrected chi connectivity index (χ3v) is 3.17. The molecule has 0 fully saturated rings. The Morgan fingerprint density at radius 2 is 1.80 bits per heavy atom. The van der Waals surface area contributed by atoms with Crippen LogP contribution in [0.5, 0.6) is 5.75 Å². The molecule has 2 atom stereocenters. The summed E-state index contributed by atoms with van der Waals surface area (Å²) in [5, 5.41) is 20.1. The SMILES string of the molecule is COc1ccc(CC(O)C(O)c2ccccc2)cc1F. The summed E-state index contributed by atoms with van der Waals surface area (Å²) in [7, 11) is 1.39. The molecule has 0 amide bonds. The normalized spacial score (nSPS) is 13.8. The van der Waals surface area contributed by atoms with Crippen molar-refractivity contribution in [3.63, 3.8) is 0 Å². The molecule has 0 aliphatic rings. The summed E-state index contributed by atoms with van der Waals surface area (Å²) in [6.45, 7) is 0. The maximum absolute atomic E-state index is 13.6. The van der Waals surface area contributed by atoms with Crippen LogP contribution in [-0.2, 0) is 6.42 Å². The molecule has 0 aliphatic carbocycles. The second-order valence-electron chi connectivity index (χ2n) is 4.60. The van der Waals surface area contributed by atoms with Gasteiger partial charge in [-0.2, -0.15) is 0 Å². The Bertz CT molecular complexity index is 557. The van der Waals surface area contributed by atoms with Crippen LogP contribution in [0.25, 0.3) is 0 Å². The first-order chi connectivity index (χ1) is 9.61. The fourth-order valence-corrected chi connectivity index (χ4v) is 2.06. The second-order valence-corrected chi connectivity index (χ2v) is 4.60. The van der Waals surface area contributed by atoms with Gasteiger partial charge in [0.15, 0.2) is 11.6 Å². The summed E-state index contributed by atoms with van der Waals surface area (Å²) in [4.78, 5) is 0. The van der Waals surface area contributed by atoms with Gasteiger partial charge >= 0.3 is 0 Å². The molecule has 2 N–H and O–H groups in total. The van der Waals surface area contributed by atoms with Crippen molar-refractivity contribution in [2.75, 3.05) is 7.11 Å². The highest BCUT2D eigenvalue weighted by Gasteiger charge is 2.19. The molecule has 106 valence electrons. The molecule has 2 unspecified atom stereocenters. The molecule has 2 rings (SSSR count). The Labute approximate surface area is 117 Å². The minimum Gasteiger partial charge on any atom is -0.494 e. The Balaban J connectivity index is 2.08. The number of methoxy groups -OCH3 is 1. The van der Waals surface area contributed by atoms with E-state index in [4.69, 9.17) is 4.74 Å². The van der Waals surface area contributed by atoms with E-state index in [1.807, 2.05) is 6.07 Å². The fourth-order valence-electron chi connectivity index (χ4n) is 2.06. The third kappa shape index (κ3) is 3.35. The van der Waals surface area contributed by atoms with Gasteiger partial charge in [-0.3, -0.25) is 0 Å². The van der Waals surface area contributed by atoms with E-state index in [0.29, 0.717) is 11.1 Å². The molecular weight excluding hydrogens is 259 g/mol. The van der Waals surface area contributed by atoms with E-state index in [2.05, 4.69) is 0 Å². The van der Waals surface area contributed by atoms with Crippen molar-refractivity contribution >= 4 is 0 Å². The lowest BCUT2D eigenvalue weighted by atomic mass is 9.98. The zero-order chi connectivity index (χ0) is 14.5. The van der Waals surface area contributed by atoms with Crippen LogP contribution in [0, 0.1) is 5.82 Å². The molecule has 0 aromatic heterocycles. The van der Waals surface area contributed by atoms with Crippen LogP contribution in [0.15, 0.2) is 48.5 Å². The lowest BCUT2D eigenvalue weighted by Crippen LogP contribution is -2.20. The number of hydrogen-bond acceptors (Lipinski definition) is 3. The minimum atomic E-state index is -0.999. The number of ether oxygens (including phenoxy) is 1. The van der Waals surface area contributed by atoms with Crippen LogP contribution in [0.2, 0.25) is 0 Å². The predicted octanol–water partition coefficient (Wildman–Crippen LogP) is 2.47. The minimum absolute atomic E-state index is 0.159. The van der Waals surface area contributed by atoms with Crippen molar-refractivity contribution in [3.8, 4) is 5.75 Å². The molecule has 2 aromatic carbocycles. The zero-order valence-electron chi connectivity index (χ0n) is 11.2. The van der Waals surface area contributed by atoms with E-state index in [1.165, 1.54) is 19.2 Å². The van der Waals surface area contributed by atoms with E-state index < -0.39 is 18.0 Å². The van der Waals surface area contributed by atoms with Crippen LogP contribution in [0.1, 0.15) is 17.2 Å². The summed E-state index contributed by atoms with van der Waals surface area (Å²) in [5.74, 6) is -0.321. The van der Waals surface area contributed by atoms with E-state index in [-0.39, 0.29) is 12.2 Å². The van der Waals surface area contributed by atoms with Crippen molar-refractivity contribution in [3.05, 3.63) is 65.5 Å². The summed E-state index contributed by atoms with van der Waals surface area (Å²) >= 11 is 0. The average molecular weight is 276 g/mol. The third-order valence-electron chi connectivity index (χ3n) is 3.17. The summed E-state index contributed by atoms with van der Waals surface area (Å²) in [6, 6.07) is 13.4. The summed E-state index contributed by atoms with van der Waals surface area (Å²) < 4.78 is 18.4. The lowest BCUT2D eigenvalue weighted by molar-refractivity contribution is 0.0189. The average Bonchev–Trinajstić information content (AvgIpc) is 2.47. The molecule has 0 saturated carbocycles. The van der Waals surface area contributed by atoms with Crippen LogP contribution in [0.3, 0.4) is 0 Å². The van der Waals surface area contributed by atoms with Gasteiger partial charge in [-0.1, -0.05) is 36.4 Å². The Hall–Kier alpha value is -1.91. The topological polar surface area (TPSA) is 49.7 Å². The number of aliphatic hydroxyl groups excluding tert-OH is 2. The molecule has 0 bridgehead atoms. The molecule has 0 aliphatic heterocycles. The maximum atomic E-state index is 13.6. The lowest BCUT2D eigenvalue weighted by Gasteiger charge is -2.18. The van der Waals surface area contributed by atoms with Gasteiger partial charge in [0.05, 0.1) is 13.2 Å². The highest BCUT2D eigenvalue weighted by molar-refractivity contribution is 5.30. The predicted molar refractivity (Wildman–Crippen MR) is 74.1 cm³/mol. The number of hydrogen-bond donors (Lipinski definition) is 2. The quantitative estimate of drug-likeness (QED) is 0.882. The standard InChI is InChI=1S/C16H17FO3/c1-20-15-8-7-11(9-13(15)17)10-14(18)16(19)12-5-3-2-4-6-12/h2-9,14,16,18-19H,10H2,1H3. The molecule has 2 aromatic rings. The van der Waals surface area contributed by atoms with Gasteiger partial charge in [0, 0.05) is 6.42 Å². The molecule has 3 nitrogen and oxygen atoms in total. The summed E-state index contributed by atoms with van der Waals surface area (Å²) in [5.41, 5.74) is 1.24. The first-order valence-corrected chi connectivity index (χ1v) is 6.35. The second kappa shape index (κ2) is 6.50. The van der Waals surface area contributed by atoms with Gasteiger partial charge in [0.1, 0.15) is 6.10 Å². The van der Waals surface area contributed by atoms with Crippen molar-refractivity contribution in [1.29, 1.82) is 0 Å². The Morgan fingerprint density at radius 1 is 1.10 bits per heavy atom. The number of halogens is 1. The molecule has 0 saturated heterocycles. The van der Waals surface area contributed by atoms with E-state index >= 15 is 0 Å². The van der Waals surface area contributed by atoms with E-state index in [1.54, 1.807) is 30.3 Å². The molecule has 20 heavy (non-hydrogen) atoms. The zero-order valence-corrected chi connectivity index (χ0v) is 11.2. The van der Waals surface area contributed by atoms with E-state index in [9.17, 15) is 14.6 Å². The highest BCUT2D eigenvalue weighted by Crippen LogP contribution is 2.22. The smallest absolute Gasteiger partial charge is 0.165 e. The van der Waals surface area contributed by atoms with Crippen molar-refractivity contribution in [2.45, 2.75) is 18.6 Å². The van der Waals surface area contributed by atoms with Crippen molar-refractivity contribution < 1.29 is 19.3 Å². The molecule has 0 radical (unpaired) electrons. The van der Waals surface area contributed by atoms with Crippen LogP contribution < -0.4 is 4.74 Å². The molecule has 0 spiro atoms. The van der Waals surface area contributed by atoms with Gasteiger partial charge in [0.2, 0.25) is 0 Å². The van der Waals surface area contributed by atoms with Gasteiger partial charge in [-0.15, -0.1) is 0 Å². The number of aliphatic hydroxyl groups is 2. The molecule has 0 heterocycles.